The number of nitrogens with zero attached hydrogens (tertiary/aromatic N) is 1. The summed E-state index contributed by atoms with van der Waals surface area (Å²) in [5.41, 5.74) is 3.63. The summed E-state index contributed by atoms with van der Waals surface area (Å²) < 4.78 is 0. The average molecular weight is 315 g/mol. The van der Waals surface area contributed by atoms with Crippen molar-refractivity contribution in [2.75, 3.05) is 0 Å². The lowest BCUT2D eigenvalue weighted by Gasteiger charge is -2.63. The molecule has 1 fully saturated rings. The predicted molar refractivity (Wildman–Crippen MR) is 90.0 cm³/mol. The number of hydrogen-bond donors (Lipinski definition) is 2. The molecule has 1 saturated carbocycles. The highest BCUT2D eigenvalue weighted by atomic mass is 16.3. The number of aliphatic hydroxyl groups is 2. The summed E-state index contributed by atoms with van der Waals surface area (Å²) in [5, 5.41) is 30.9. The Kier molecular flexibility index (Phi) is 2.66. The average Bonchev–Trinajstić information content (AvgIpc) is 2.60. The van der Waals surface area contributed by atoms with Gasteiger partial charge in [-0.05, 0) is 28.2 Å². The van der Waals surface area contributed by atoms with Crippen molar-refractivity contribution in [3.8, 4) is 17.2 Å². The summed E-state index contributed by atoms with van der Waals surface area (Å²) in [7, 11) is 0. The van der Waals surface area contributed by atoms with E-state index in [1.807, 2.05) is 36.4 Å². The van der Waals surface area contributed by atoms with Gasteiger partial charge in [0.05, 0.1) is 23.7 Å². The number of allylic oxidation sites excluding steroid dienone is 1. The van der Waals surface area contributed by atoms with Gasteiger partial charge in [-0.1, -0.05) is 60.7 Å². The van der Waals surface area contributed by atoms with Crippen LogP contribution in [0, 0.1) is 23.2 Å². The molecule has 2 aromatic rings. The molecule has 4 unspecified atom stereocenters. The molecular formula is C21H17NO2. The minimum atomic E-state index is -0.908. The Balaban J connectivity index is 1.84. The molecule has 2 N–H and O–H groups in total. The van der Waals surface area contributed by atoms with Gasteiger partial charge in [0.25, 0.3) is 0 Å². The van der Waals surface area contributed by atoms with Crippen LogP contribution in [0.2, 0.25) is 0 Å². The van der Waals surface area contributed by atoms with Gasteiger partial charge in [-0.15, -0.1) is 0 Å². The second kappa shape index (κ2) is 4.57. The van der Waals surface area contributed by atoms with Crippen molar-refractivity contribution in [1.82, 2.24) is 0 Å². The zero-order valence-electron chi connectivity index (χ0n) is 13.0. The first kappa shape index (κ1) is 14.0. The Morgan fingerprint density at radius 1 is 0.917 bits per heavy atom. The highest BCUT2D eigenvalue weighted by Crippen LogP contribution is 2.69. The van der Waals surface area contributed by atoms with E-state index in [1.54, 1.807) is 6.08 Å². The summed E-state index contributed by atoms with van der Waals surface area (Å²) in [5.74, 6) is -0.170. The Labute approximate surface area is 140 Å². The van der Waals surface area contributed by atoms with E-state index in [0.717, 1.165) is 11.1 Å². The van der Waals surface area contributed by atoms with Crippen LogP contribution in [0.3, 0.4) is 0 Å². The van der Waals surface area contributed by atoms with E-state index in [0.29, 0.717) is 0 Å². The SMILES string of the molecule is N#C[C@]12c3ccccc3-c3ccccc3[C@H]1C1C=CC(O)C(O)C12. The Bertz CT molecular complexity index is 912. The second-order valence-electron chi connectivity index (χ2n) is 7.06. The van der Waals surface area contributed by atoms with E-state index in [-0.39, 0.29) is 17.8 Å². The van der Waals surface area contributed by atoms with Gasteiger partial charge in [-0.2, -0.15) is 5.26 Å². The van der Waals surface area contributed by atoms with Crippen molar-refractivity contribution in [2.24, 2.45) is 11.8 Å². The summed E-state index contributed by atoms with van der Waals surface area (Å²) in [6.07, 6.45) is 1.86. The minimum absolute atomic E-state index is 0.0250. The highest BCUT2D eigenvalue weighted by Gasteiger charge is 2.68. The normalized spacial score (nSPS) is 38.0. The van der Waals surface area contributed by atoms with E-state index in [4.69, 9.17) is 0 Å². The number of rotatable bonds is 0. The zero-order valence-corrected chi connectivity index (χ0v) is 13.0. The third kappa shape index (κ3) is 1.40. The fraction of sp³-hybridized carbons (Fsp3) is 0.286. The first-order valence-corrected chi connectivity index (χ1v) is 8.34. The molecule has 3 heteroatoms. The van der Waals surface area contributed by atoms with E-state index in [2.05, 4.69) is 24.3 Å². The molecule has 2 aromatic carbocycles. The molecule has 24 heavy (non-hydrogen) atoms. The second-order valence-corrected chi connectivity index (χ2v) is 7.06. The van der Waals surface area contributed by atoms with Gasteiger partial charge in [0, 0.05) is 11.8 Å². The molecule has 6 atom stereocenters. The first-order valence-electron chi connectivity index (χ1n) is 8.34. The molecule has 0 heterocycles. The monoisotopic (exact) mass is 315 g/mol. The van der Waals surface area contributed by atoms with Crippen LogP contribution in [0.15, 0.2) is 60.7 Å². The maximum absolute atomic E-state index is 10.6. The predicted octanol–water partition coefficient (Wildman–Crippen LogP) is 2.75. The van der Waals surface area contributed by atoms with Crippen LogP contribution in [0.1, 0.15) is 17.0 Å². The molecule has 0 spiro atoms. The van der Waals surface area contributed by atoms with E-state index in [9.17, 15) is 15.5 Å². The maximum Gasteiger partial charge on any atom is 0.0983 e. The largest absolute Gasteiger partial charge is 0.390 e. The Morgan fingerprint density at radius 2 is 1.62 bits per heavy atom. The summed E-state index contributed by atoms with van der Waals surface area (Å²) >= 11 is 0. The fourth-order valence-corrected chi connectivity index (χ4v) is 5.30. The molecule has 0 aromatic heterocycles. The van der Waals surface area contributed by atoms with Gasteiger partial charge in [0.2, 0.25) is 0 Å². The van der Waals surface area contributed by atoms with Crippen LogP contribution in [-0.2, 0) is 5.41 Å². The molecule has 3 nitrogen and oxygen atoms in total. The van der Waals surface area contributed by atoms with Crippen molar-refractivity contribution in [3.05, 3.63) is 71.8 Å². The number of hydrogen-bond acceptors (Lipinski definition) is 3. The highest BCUT2D eigenvalue weighted by molar-refractivity contribution is 5.79. The topological polar surface area (TPSA) is 64.2 Å². The van der Waals surface area contributed by atoms with Crippen LogP contribution in [0.25, 0.3) is 11.1 Å². The molecule has 5 rings (SSSR count). The lowest BCUT2D eigenvalue weighted by Crippen LogP contribution is -2.65. The van der Waals surface area contributed by atoms with Crippen molar-refractivity contribution in [3.63, 3.8) is 0 Å². The first-order chi connectivity index (χ1) is 11.7. The van der Waals surface area contributed by atoms with Crippen molar-refractivity contribution in [2.45, 2.75) is 23.5 Å². The quantitative estimate of drug-likeness (QED) is 0.735. The van der Waals surface area contributed by atoms with Crippen molar-refractivity contribution >= 4 is 0 Å². The molecule has 0 amide bonds. The van der Waals surface area contributed by atoms with Gasteiger partial charge in [-0.25, -0.2) is 0 Å². The minimum Gasteiger partial charge on any atom is -0.390 e. The molecule has 3 aliphatic rings. The lowest BCUT2D eigenvalue weighted by atomic mass is 9.38. The van der Waals surface area contributed by atoms with Gasteiger partial charge in [-0.3, -0.25) is 0 Å². The maximum atomic E-state index is 10.6. The number of fused-ring (bicyclic) bond motifs is 9. The van der Waals surface area contributed by atoms with Crippen LogP contribution in [0.5, 0.6) is 0 Å². The summed E-state index contributed by atoms with van der Waals surface area (Å²) in [4.78, 5) is 0. The third-order valence-corrected chi connectivity index (χ3v) is 6.21. The molecule has 0 saturated heterocycles. The molecule has 118 valence electrons. The van der Waals surface area contributed by atoms with Crippen LogP contribution < -0.4 is 0 Å². The van der Waals surface area contributed by atoms with E-state index in [1.165, 1.54) is 11.1 Å². The number of aliphatic hydroxyl groups excluding tert-OH is 2. The van der Waals surface area contributed by atoms with Crippen LogP contribution in [-0.4, -0.2) is 22.4 Å². The van der Waals surface area contributed by atoms with Gasteiger partial charge in [0.1, 0.15) is 0 Å². The lowest BCUT2D eigenvalue weighted by molar-refractivity contribution is -0.0944. The van der Waals surface area contributed by atoms with Crippen LogP contribution >= 0.6 is 0 Å². The molecule has 0 aliphatic heterocycles. The van der Waals surface area contributed by atoms with Crippen LogP contribution in [0.4, 0.5) is 0 Å². The number of benzene rings is 2. The number of nitriles is 1. The molecular weight excluding hydrogens is 298 g/mol. The smallest absolute Gasteiger partial charge is 0.0983 e. The summed E-state index contributed by atoms with van der Waals surface area (Å²) in [6, 6.07) is 18.8. The summed E-state index contributed by atoms with van der Waals surface area (Å²) in [6.45, 7) is 0. The third-order valence-electron chi connectivity index (χ3n) is 6.21. The van der Waals surface area contributed by atoms with E-state index < -0.39 is 17.6 Å². The van der Waals surface area contributed by atoms with Crippen molar-refractivity contribution < 1.29 is 10.2 Å². The molecule has 0 bridgehead atoms. The van der Waals surface area contributed by atoms with Crippen molar-refractivity contribution in [1.29, 1.82) is 5.26 Å². The molecule has 0 radical (unpaired) electrons. The molecule has 3 aliphatic carbocycles. The van der Waals surface area contributed by atoms with Gasteiger partial charge in [0.15, 0.2) is 0 Å². The fourth-order valence-electron chi connectivity index (χ4n) is 5.30. The zero-order chi connectivity index (χ0) is 16.5. The Hall–Kier alpha value is -2.41. The van der Waals surface area contributed by atoms with Gasteiger partial charge < -0.3 is 10.2 Å². The van der Waals surface area contributed by atoms with Gasteiger partial charge >= 0.3 is 0 Å². The standard InChI is InChI=1S/C21H17NO2/c22-11-21-16-8-4-3-6-13(16)12-5-1-2-7-14(12)18(21)15-9-10-17(23)20(24)19(15)21/h1-10,15,17-20,23-24H/t15?,17?,18-,19?,20?,21-/m0/s1. The van der Waals surface area contributed by atoms with E-state index >= 15 is 0 Å². The Morgan fingerprint density at radius 3 is 2.42 bits per heavy atom.